The number of anilines is 1. The zero-order chi connectivity index (χ0) is 18.3. The van der Waals surface area contributed by atoms with Crippen LogP contribution in [0.5, 0.6) is 0 Å². The Bertz CT molecular complexity index is 892. The van der Waals surface area contributed by atoms with Gasteiger partial charge < -0.3 is 0 Å². The lowest BCUT2D eigenvalue weighted by atomic mass is 10.0. The molecular formula is C20H23BrN2O2S. The zero-order valence-electron chi connectivity index (χ0n) is 14.8. The fraction of sp³-hybridized carbons (Fsp3) is 0.400. The van der Waals surface area contributed by atoms with E-state index in [2.05, 4.69) is 26.9 Å². The molecule has 0 unspecified atom stereocenters. The minimum absolute atomic E-state index is 0.105. The van der Waals surface area contributed by atoms with E-state index < -0.39 is 10.0 Å². The van der Waals surface area contributed by atoms with Gasteiger partial charge in [-0.3, -0.25) is 9.21 Å². The topological polar surface area (TPSA) is 40.6 Å². The van der Waals surface area contributed by atoms with Crippen molar-refractivity contribution >= 4 is 31.6 Å². The molecule has 2 heterocycles. The van der Waals surface area contributed by atoms with E-state index in [0.717, 1.165) is 29.9 Å². The van der Waals surface area contributed by atoms with Crippen LogP contribution in [-0.4, -0.2) is 37.8 Å². The Morgan fingerprint density at radius 3 is 2.35 bits per heavy atom. The van der Waals surface area contributed by atoms with Gasteiger partial charge in [-0.2, -0.15) is 0 Å². The van der Waals surface area contributed by atoms with Gasteiger partial charge in [-0.1, -0.05) is 51.8 Å². The van der Waals surface area contributed by atoms with Crippen molar-refractivity contribution in [1.29, 1.82) is 0 Å². The first kappa shape index (κ1) is 18.0. The van der Waals surface area contributed by atoms with Crippen LogP contribution in [0, 0.1) is 6.92 Å². The molecule has 26 heavy (non-hydrogen) atoms. The van der Waals surface area contributed by atoms with Gasteiger partial charge in [0.15, 0.2) is 0 Å². The molecule has 2 aromatic carbocycles. The van der Waals surface area contributed by atoms with Crippen molar-refractivity contribution in [1.82, 2.24) is 4.90 Å². The lowest BCUT2D eigenvalue weighted by Crippen LogP contribution is -2.44. The van der Waals surface area contributed by atoms with Crippen molar-refractivity contribution in [2.24, 2.45) is 0 Å². The summed E-state index contributed by atoms with van der Waals surface area (Å²) in [5.41, 5.74) is 2.99. The summed E-state index contributed by atoms with van der Waals surface area (Å²) in [6, 6.07) is 15.1. The van der Waals surface area contributed by atoms with Gasteiger partial charge in [0.25, 0.3) is 10.0 Å². The van der Waals surface area contributed by atoms with Gasteiger partial charge in [0, 0.05) is 5.33 Å². The van der Waals surface area contributed by atoms with Gasteiger partial charge in [-0.25, -0.2) is 8.42 Å². The van der Waals surface area contributed by atoms with E-state index in [4.69, 9.17) is 0 Å². The number of rotatable bonds is 4. The molecule has 0 bridgehead atoms. The van der Waals surface area contributed by atoms with Crippen LogP contribution in [0.2, 0.25) is 0 Å². The third-order valence-electron chi connectivity index (χ3n) is 5.43. The molecule has 0 N–H and O–H groups in total. The number of fused-ring (bicyclic) bond motifs is 1. The number of halogens is 1. The number of likely N-dealkylation sites (tertiary alicyclic amines) is 1. The van der Waals surface area contributed by atoms with Crippen LogP contribution < -0.4 is 4.31 Å². The molecule has 0 aromatic heterocycles. The Hall–Kier alpha value is -1.37. The predicted molar refractivity (Wildman–Crippen MR) is 108 cm³/mol. The molecule has 2 aliphatic heterocycles. The van der Waals surface area contributed by atoms with Crippen LogP contribution in [-0.2, 0) is 10.0 Å². The summed E-state index contributed by atoms with van der Waals surface area (Å²) < 4.78 is 28.7. The molecule has 1 saturated heterocycles. The van der Waals surface area contributed by atoms with Crippen LogP contribution in [0.4, 0.5) is 5.69 Å². The largest absolute Gasteiger partial charge is 0.294 e. The minimum atomic E-state index is -3.62. The summed E-state index contributed by atoms with van der Waals surface area (Å²) in [5, 5.41) is 0.605. The number of hydrogen-bond acceptors (Lipinski definition) is 3. The molecule has 0 amide bonds. The van der Waals surface area contributed by atoms with Crippen LogP contribution in [0.1, 0.15) is 30.0 Å². The molecule has 4 rings (SSSR count). The van der Waals surface area contributed by atoms with E-state index in [1.807, 2.05) is 37.3 Å². The van der Waals surface area contributed by atoms with E-state index in [1.165, 1.54) is 12.8 Å². The molecule has 2 aromatic rings. The highest BCUT2D eigenvalue weighted by Crippen LogP contribution is 2.46. The second-order valence-corrected chi connectivity index (χ2v) is 9.54. The summed E-state index contributed by atoms with van der Waals surface area (Å²) in [7, 11) is -3.62. The van der Waals surface area contributed by atoms with E-state index in [9.17, 15) is 8.42 Å². The molecule has 0 spiro atoms. The van der Waals surface area contributed by atoms with Gasteiger partial charge in [0.05, 0.1) is 22.7 Å². The number of sulfonamides is 1. The maximum Gasteiger partial charge on any atom is 0.264 e. The highest BCUT2D eigenvalue weighted by atomic mass is 79.9. The Morgan fingerprint density at radius 1 is 1.04 bits per heavy atom. The monoisotopic (exact) mass is 434 g/mol. The highest BCUT2D eigenvalue weighted by molar-refractivity contribution is 9.09. The number of benzene rings is 2. The number of para-hydroxylation sites is 1. The van der Waals surface area contributed by atoms with Crippen molar-refractivity contribution in [3.63, 3.8) is 0 Å². The number of alkyl halides is 1. The lowest BCUT2D eigenvalue weighted by molar-refractivity contribution is 0.233. The van der Waals surface area contributed by atoms with E-state index in [-0.39, 0.29) is 12.1 Å². The molecule has 2 aliphatic rings. The summed E-state index contributed by atoms with van der Waals surface area (Å²) in [6.07, 6.45) is 2.36. The maximum absolute atomic E-state index is 13.5. The number of aryl methyl sites for hydroxylation is 1. The Balaban J connectivity index is 1.83. The molecule has 1 fully saturated rings. The molecule has 6 heteroatoms. The quantitative estimate of drug-likeness (QED) is 0.679. The second-order valence-electron chi connectivity index (χ2n) is 7.08. The third-order valence-corrected chi connectivity index (χ3v) is 7.95. The second kappa shape index (κ2) is 6.98. The lowest BCUT2D eigenvalue weighted by Gasteiger charge is -2.32. The predicted octanol–water partition coefficient (Wildman–Crippen LogP) is 4.10. The first-order valence-corrected chi connectivity index (χ1v) is 11.6. The van der Waals surface area contributed by atoms with E-state index >= 15 is 0 Å². The Labute approximate surface area is 164 Å². The van der Waals surface area contributed by atoms with Crippen LogP contribution in [0.25, 0.3) is 0 Å². The van der Waals surface area contributed by atoms with E-state index in [0.29, 0.717) is 10.2 Å². The third kappa shape index (κ3) is 2.88. The first-order chi connectivity index (χ1) is 12.5. The fourth-order valence-corrected chi connectivity index (χ4v) is 6.70. The molecule has 0 aliphatic carbocycles. The molecular weight excluding hydrogens is 412 g/mol. The van der Waals surface area contributed by atoms with Crippen molar-refractivity contribution < 1.29 is 8.42 Å². The molecule has 0 radical (unpaired) electrons. The number of hydrogen-bond donors (Lipinski definition) is 0. The van der Waals surface area contributed by atoms with Gasteiger partial charge in [0.2, 0.25) is 0 Å². The van der Waals surface area contributed by atoms with Gasteiger partial charge in [0.1, 0.15) is 0 Å². The van der Waals surface area contributed by atoms with Crippen LogP contribution >= 0.6 is 15.9 Å². The molecule has 2 atom stereocenters. The van der Waals surface area contributed by atoms with Crippen molar-refractivity contribution in [3.05, 3.63) is 59.7 Å². The van der Waals surface area contributed by atoms with Crippen molar-refractivity contribution in [2.75, 3.05) is 22.7 Å². The first-order valence-electron chi connectivity index (χ1n) is 9.04. The standard InChI is InChI=1S/C20H23BrN2O2S/c1-15-8-10-16(11-9-15)26(24,25)23-18-7-3-2-6-17(18)20(19(23)14-21)22-12-4-5-13-22/h2-3,6-11,19-20H,4-5,12-14H2,1H3/t19-,20+/m0/s1. The van der Waals surface area contributed by atoms with Gasteiger partial charge in [-0.05, 0) is 56.6 Å². The normalized spacial score (nSPS) is 23.4. The summed E-state index contributed by atoms with van der Waals surface area (Å²) in [6.45, 7) is 4.02. The molecule has 4 nitrogen and oxygen atoms in total. The number of nitrogens with zero attached hydrogens (tertiary/aromatic N) is 2. The highest BCUT2D eigenvalue weighted by Gasteiger charge is 2.46. The molecule has 138 valence electrons. The van der Waals surface area contributed by atoms with Crippen LogP contribution in [0.3, 0.4) is 0 Å². The van der Waals surface area contributed by atoms with Gasteiger partial charge >= 0.3 is 0 Å². The summed E-state index contributed by atoms with van der Waals surface area (Å²) in [5.74, 6) is 0. The average molecular weight is 435 g/mol. The minimum Gasteiger partial charge on any atom is -0.294 e. The smallest absolute Gasteiger partial charge is 0.264 e. The van der Waals surface area contributed by atoms with Crippen LogP contribution in [0.15, 0.2) is 53.4 Å². The zero-order valence-corrected chi connectivity index (χ0v) is 17.2. The Morgan fingerprint density at radius 2 is 1.69 bits per heavy atom. The van der Waals surface area contributed by atoms with Crippen molar-refractivity contribution in [3.8, 4) is 0 Å². The molecule has 0 saturated carbocycles. The SMILES string of the molecule is Cc1ccc(S(=O)(=O)N2c3ccccc3[C@@H](N3CCCC3)[C@@H]2CBr)cc1. The van der Waals surface area contributed by atoms with Crippen molar-refractivity contribution in [2.45, 2.75) is 36.7 Å². The summed E-state index contributed by atoms with van der Waals surface area (Å²) in [4.78, 5) is 2.79. The Kier molecular flexibility index (Phi) is 4.84. The summed E-state index contributed by atoms with van der Waals surface area (Å²) >= 11 is 3.61. The van der Waals surface area contributed by atoms with E-state index in [1.54, 1.807) is 16.4 Å². The maximum atomic E-state index is 13.5. The fourth-order valence-electron chi connectivity index (χ4n) is 4.19. The average Bonchev–Trinajstić information content (AvgIpc) is 3.27. The van der Waals surface area contributed by atoms with Gasteiger partial charge in [-0.15, -0.1) is 0 Å².